The lowest BCUT2D eigenvalue weighted by Gasteiger charge is -2.38. The Balaban J connectivity index is 2.71. The summed E-state index contributed by atoms with van der Waals surface area (Å²) in [4.78, 5) is 23.0. The number of H-pyrrole nitrogens is 1. The van der Waals surface area contributed by atoms with Crippen molar-refractivity contribution in [1.82, 2.24) is 15.5 Å². The highest BCUT2D eigenvalue weighted by Gasteiger charge is 2.44. The molecule has 1 rings (SSSR count). The van der Waals surface area contributed by atoms with E-state index in [1.165, 1.54) is 0 Å². The van der Waals surface area contributed by atoms with Gasteiger partial charge in [0.05, 0.1) is 11.8 Å². The smallest absolute Gasteiger partial charge is 0.311 e. The highest BCUT2D eigenvalue weighted by atomic mass is 16.4. The van der Waals surface area contributed by atoms with Crippen LogP contribution in [0.15, 0.2) is 12.3 Å². The molecule has 1 aromatic heterocycles. The monoisotopic (exact) mass is 253 g/mol. The molecule has 1 aromatic rings. The van der Waals surface area contributed by atoms with Crippen molar-refractivity contribution >= 4 is 11.9 Å². The van der Waals surface area contributed by atoms with Crippen molar-refractivity contribution in [1.29, 1.82) is 0 Å². The van der Waals surface area contributed by atoms with Gasteiger partial charge in [0.25, 0.3) is 0 Å². The second-order valence-electron chi connectivity index (χ2n) is 5.36. The van der Waals surface area contributed by atoms with Crippen LogP contribution in [0.1, 0.15) is 33.4 Å². The van der Waals surface area contributed by atoms with Gasteiger partial charge in [0.1, 0.15) is 0 Å². The molecule has 100 valence electrons. The van der Waals surface area contributed by atoms with Crippen molar-refractivity contribution < 1.29 is 14.7 Å². The summed E-state index contributed by atoms with van der Waals surface area (Å²) < 4.78 is 0. The van der Waals surface area contributed by atoms with Gasteiger partial charge in [-0.3, -0.25) is 14.7 Å². The summed E-state index contributed by atoms with van der Waals surface area (Å²) in [5.41, 5.74) is -1.22. The molecule has 1 amide bonds. The van der Waals surface area contributed by atoms with E-state index in [-0.39, 0.29) is 12.3 Å². The Morgan fingerprint density at radius 1 is 1.39 bits per heavy atom. The van der Waals surface area contributed by atoms with E-state index in [1.54, 1.807) is 40.0 Å². The fourth-order valence-electron chi connectivity index (χ4n) is 1.37. The van der Waals surface area contributed by atoms with Crippen LogP contribution in [0.2, 0.25) is 0 Å². The number of carboxylic acids is 1. The summed E-state index contributed by atoms with van der Waals surface area (Å²) in [6.07, 6.45) is 1.72. The first-order valence-electron chi connectivity index (χ1n) is 5.69. The van der Waals surface area contributed by atoms with Gasteiger partial charge in [-0.1, -0.05) is 0 Å². The van der Waals surface area contributed by atoms with Crippen molar-refractivity contribution in [2.24, 2.45) is 5.41 Å². The van der Waals surface area contributed by atoms with Crippen LogP contribution < -0.4 is 5.32 Å². The zero-order chi connectivity index (χ0) is 14.0. The number of carbonyl (C=O) groups is 2. The van der Waals surface area contributed by atoms with E-state index >= 15 is 0 Å². The fraction of sp³-hybridized carbons (Fsp3) is 0.583. The van der Waals surface area contributed by atoms with Crippen LogP contribution in [0.4, 0.5) is 0 Å². The maximum atomic E-state index is 11.8. The van der Waals surface area contributed by atoms with Crippen LogP contribution >= 0.6 is 0 Å². The lowest BCUT2D eigenvalue weighted by atomic mass is 9.74. The average molecular weight is 253 g/mol. The van der Waals surface area contributed by atoms with Crippen LogP contribution in [0.3, 0.4) is 0 Å². The first-order chi connectivity index (χ1) is 8.17. The molecule has 0 radical (unpaired) electrons. The minimum atomic E-state index is -1.06. The molecule has 18 heavy (non-hydrogen) atoms. The molecule has 0 bridgehead atoms. The molecule has 0 aliphatic rings. The Labute approximate surface area is 106 Å². The first-order valence-corrected chi connectivity index (χ1v) is 5.69. The standard InChI is InChI=1S/C12H19N3O3/c1-11(2,10(17)18)12(3,4)14-9(16)7-8-5-6-13-15-8/h5-6H,7H2,1-4H3,(H,13,15)(H,14,16)(H,17,18). The predicted octanol–water partition coefficient (Wildman–Crippen LogP) is 0.958. The van der Waals surface area contributed by atoms with Crippen molar-refractivity contribution in [3.05, 3.63) is 18.0 Å². The van der Waals surface area contributed by atoms with Gasteiger partial charge in [-0.15, -0.1) is 0 Å². The predicted molar refractivity (Wildman–Crippen MR) is 65.9 cm³/mol. The summed E-state index contributed by atoms with van der Waals surface area (Å²) in [7, 11) is 0. The molecule has 6 nitrogen and oxygen atoms in total. The number of aromatic amines is 1. The van der Waals surface area contributed by atoms with Crippen molar-refractivity contribution in [2.45, 2.75) is 39.7 Å². The van der Waals surface area contributed by atoms with E-state index in [0.29, 0.717) is 5.69 Å². The number of hydrogen-bond donors (Lipinski definition) is 3. The van der Waals surface area contributed by atoms with Crippen molar-refractivity contribution in [3.63, 3.8) is 0 Å². The minimum absolute atomic E-state index is 0.152. The summed E-state index contributed by atoms with van der Waals surface area (Å²) in [6, 6.07) is 1.70. The topological polar surface area (TPSA) is 95.1 Å². The Kier molecular flexibility index (Phi) is 3.79. The number of aliphatic carboxylic acids is 1. The summed E-state index contributed by atoms with van der Waals surface area (Å²) in [5, 5.41) is 18.4. The normalized spacial score (nSPS) is 12.2. The zero-order valence-electron chi connectivity index (χ0n) is 11.1. The molecule has 3 N–H and O–H groups in total. The average Bonchev–Trinajstić information content (AvgIpc) is 2.68. The second kappa shape index (κ2) is 4.80. The Bertz CT molecular complexity index is 435. The molecule has 6 heteroatoms. The first kappa shape index (κ1) is 14.2. The van der Waals surface area contributed by atoms with Crippen LogP contribution in [-0.4, -0.2) is 32.7 Å². The molecule has 0 aliphatic carbocycles. The van der Waals surface area contributed by atoms with Gasteiger partial charge < -0.3 is 10.4 Å². The number of nitrogens with one attached hydrogen (secondary N) is 2. The number of aromatic nitrogens is 2. The maximum absolute atomic E-state index is 11.8. The van der Waals surface area contributed by atoms with Gasteiger partial charge >= 0.3 is 5.97 Å². The molecular formula is C12H19N3O3. The number of amides is 1. The van der Waals surface area contributed by atoms with E-state index < -0.39 is 16.9 Å². The van der Waals surface area contributed by atoms with Gasteiger partial charge in [-0.25, -0.2) is 0 Å². The third kappa shape index (κ3) is 2.88. The molecule has 0 saturated heterocycles. The molecule has 1 heterocycles. The van der Waals surface area contributed by atoms with E-state index in [2.05, 4.69) is 15.5 Å². The van der Waals surface area contributed by atoms with Gasteiger partial charge in [0.2, 0.25) is 5.91 Å². The largest absolute Gasteiger partial charge is 0.481 e. The molecule has 0 saturated carbocycles. The third-order valence-corrected chi connectivity index (χ3v) is 3.46. The molecule has 0 aliphatic heterocycles. The molecular weight excluding hydrogens is 234 g/mol. The van der Waals surface area contributed by atoms with Crippen LogP contribution in [0, 0.1) is 5.41 Å². The number of carboxylic acid groups (broad SMARTS) is 1. The minimum Gasteiger partial charge on any atom is -0.481 e. The quantitative estimate of drug-likeness (QED) is 0.728. The number of nitrogens with zero attached hydrogens (tertiary/aromatic N) is 1. The number of hydrogen-bond acceptors (Lipinski definition) is 3. The van der Waals surface area contributed by atoms with Gasteiger partial charge in [0, 0.05) is 17.4 Å². The third-order valence-electron chi connectivity index (χ3n) is 3.46. The molecule has 0 atom stereocenters. The highest BCUT2D eigenvalue weighted by Crippen LogP contribution is 2.30. The van der Waals surface area contributed by atoms with Crippen LogP contribution in [0.25, 0.3) is 0 Å². The zero-order valence-corrected chi connectivity index (χ0v) is 11.1. The van der Waals surface area contributed by atoms with E-state index in [4.69, 9.17) is 0 Å². The summed E-state index contributed by atoms with van der Waals surface area (Å²) >= 11 is 0. The van der Waals surface area contributed by atoms with Crippen molar-refractivity contribution in [2.75, 3.05) is 0 Å². The lowest BCUT2D eigenvalue weighted by Crippen LogP contribution is -2.57. The molecule has 0 fully saturated rings. The van der Waals surface area contributed by atoms with E-state index in [0.717, 1.165) is 0 Å². The molecule has 0 unspecified atom stereocenters. The van der Waals surface area contributed by atoms with E-state index in [9.17, 15) is 14.7 Å². The Hall–Kier alpha value is -1.85. The highest BCUT2D eigenvalue weighted by molar-refractivity contribution is 5.81. The Morgan fingerprint density at radius 2 is 2.00 bits per heavy atom. The van der Waals surface area contributed by atoms with Gasteiger partial charge in [0.15, 0.2) is 0 Å². The molecule has 0 aromatic carbocycles. The Morgan fingerprint density at radius 3 is 2.44 bits per heavy atom. The lowest BCUT2D eigenvalue weighted by molar-refractivity contribution is -0.151. The number of carbonyl (C=O) groups excluding carboxylic acids is 1. The van der Waals surface area contributed by atoms with Crippen LogP contribution in [-0.2, 0) is 16.0 Å². The summed E-state index contributed by atoms with van der Waals surface area (Å²) in [5.74, 6) is -1.19. The second-order valence-corrected chi connectivity index (χ2v) is 5.36. The molecule has 0 spiro atoms. The SMILES string of the molecule is CC(C)(NC(=O)Cc1ccn[nH]1)C(C)(C)C(=O)O. The number of rotatable bonds is 5. The van der Waals surface area contributed by atoms with Gasteiger partial charge in [-0.05, 0) is 33.8 Å². The van der Waals surface area contributed by atoms with Crippen LogP contribution in [0.5, 0.6) is 0 Å². The van der Waals surface area contributed by atoms with E-state index in [1.807, 2.05) is 0 Å². The fourth-order valence-corrected chi connectivity index (χ4v) is 1.37. The maximum Gasteiger partial charge on any atom is 0.311 e. The summed E-state index contributed by atoms with van der Waals surface area (Å²) in [6.45, 7) is 6.58. The van der Waals surface area contributed by atoms with Crippen molar-refractivity contribution in [3.8, 4) is 0 Å². The van der Waals surface area contributed by atoms with Gasteiger partial charge in [-0.2, -0.15) is 5.10 Å².